The number of thioether (sulfide) groups is 1. The number of hydrogen-bond acceptors (Lipinski definition) is 6. The fourth-order valence-corrected chi connectivity index (χ4v) is 4.22. The van der Waals surface area contributed by atoms with Crippen molar-refractivity contribution >= 4 is 44.5 Å². The molecule has 1 heterocycles. The number of carbonyl (C=O) groups excluding carboxylic acids is 3. The van der Waals surface area contributed by atoms with E-state index in [0.717, 1.165) is 17.3 Å². The Morgan fingerprint density at radius 2 is 1.83 bits per heavy atom. The molecule has 152 valence electrons. The summed E-state index contributed by atoms with van der Waals surface area (Å²) in [6.07, 6.45) is 0. The highest BCUT2D eigenvalue weighted by atomic mass is 32.2. The third-order valence-corrected chi connectivity index (χ3v) is 6.70. The van der Waals surface area contributed by atoms with Crippen LogP contribution in [0.2, 0.25) is 0 Å². The molecular weight excluding hydrogens is 414 g/mol. The van der Waals surface area contributed by atoms with E-state index in [1.54, 1.807) is 37.3 Å². The van der Waals surface area contributed by atoms with E-state index in [9.17, 15) is 22.8 Å². The van der Waals surface area contributed by atoms with Crippen LogP contribution >= 0.6 is 11.8 Å². The molecule has 0 aliphatic carbocycles. The number of anilines is 1. The van der Waals surface area contributed by atoms with Crippen LogP contribution in [-0.4, -0.2) is 43.2 Å². The fraction of sp³-hybridized carbons (Fsp3) is 0.211. The molecule has 0 unspecified atom stereocenters. The maximum absolute atomic E-state index is 12.6. The molecule has 0 saturated carbocycles. The molecular formula is C19H19N3O5S2. The molecule has 1 saturated heterocycles. The molecule has 1 aliphatic heterocycles. The molecule has 2 N–H and O–H groups in total. The number of amides is 3. The van der Waals surface area contributed by atoms with Crippen molar-refractivity contribution in [2.75, 3.05) is 18.1 Å². The normalized spacial score (nSPS) is 14.3. The van der Waals surface area contributed by atoms with Crippen LogP contribution in [0.5, 0.6) is 0 Å². The van der Waals surface area contributed by atoms with Crippen molar-refractivity contribution in [2.24, 2.45) is 0 Å². The second-order valence-electron chi connectivity index (χ2n) is 6.37. The van der Waals surface area contributed by atoms with Crippen LogP contribution in [0.25, 0.3) is 0 Å². The molecule has 29 heavy (non-hydrogen) atoms. The largest absolute Gasteiger partial charge is 0.322 e. The lowest BCUT2D eigenvalue weighted by Gasteiger charge is -2.13. The molecule has 2 aromatic rings. The molecule has 0 bridgehead atoms. The first-order chi connectivity index (χ1) is 13.7. The van der Waals surface area contributed by atoms with Gasteiger partial charge in [-0.15, -0.1) is 0 Å². The molecule has 1 fully saturated rings. The number of rotatable bonds is 6. The van der Waals surface area contributed by atoms with Gasteiger partial charge in [-0.05, 0) is 49.4 Å². The van der Waals surface area contributed by atoms with Gasteiger partial charge in [0.05, 0.1) is 17.2 Å². The molecule has 1 aliphatic rings. The molecule has 0 spiro atoms. The van der Waals surface area contributed by atoms with Crippen molar-refractivity contribution in [3.8, 4) is 0 Å². The first-order valence-corrected chi connectivity index (χ1v) is 11.1. The Morgan fingerprint density at radius 1 is 1.14 bits per heavy atom. The molecule has 2 aromatic carbocycles. The summed E-state index contributed by atoms with van der Waals surface area (Å²) in [6, 6.07) is 11.1. The van der Waals surface area contributed by atoms with Crippen molar-refractivity contribution in [3.05, 3.63) is 59.2 Å². The minimum absolute atomic E-state index is 0.00363. The maximum atomic E-state index is 12.6. The van der Waals surface area contributed by atoms with Gasteiger partial charge in [-0.2, -0.15) is 0 Å². The number of aryl methyl sites for hydroxylation is 1. The first kappa shape index (κ1) is 21.0. The molecule has 0 radical (unpaired) electrons. The second kappa shape index (κ2) is 8.36. The quantitative estimate of drug-likeness (QED) is 0.723. The molecule has 3 amide bonds. The van der Waals surface area contributed by atoms with Crippen LogP contribution in [0.3, 0.4) is 0 Å². The highest BCUT2D eigenvalue weighted by molar-refractivity contribution is 8.14. The number of sulfonamides is 1. The van der Waals surface area contributed by atoms with E-state index < -0.39 is 15.9 Å². The van der Waals surface area contributed by atoms with Gasteiger partial charge in [0, 0.05) is 11.3 Å². The SMILES string of the molecule is CNS(=O)(=O)c1ccc(C)c(C(=O)Nc2ccc(CN3C(=O)CSC3=O)cc2)c1. The third kappa shape index (κ3) is 4.66. The standard InChI is InChI=1S/C19H19N3O5S2/c1-12-3-8-15(29(26,27)20-2)9-16(12)18(24)21-14-6-4-13(5-7-14)10-22-17(23)11-28-19(22)25/h3-9,20H,10-11H2,1-2H3,(H,21,24). The van der Waals surface area contributed by atoms with E-state index in [4.69, 9.17) is 0 Å². The van der Waals surface area contributed by atoms with Gasteiger partial charge in [0.25, 0.3) is 11.1 Å². The lowest BCUT2D eigenvalue weighted by atomic mass is 10.1. The topological polar surface area (TPSA) is 113 Å². The number of nitrogens with zero attached hydrogens (tertiary/aromatic N) is 1. The van der Waals surface area contributed by atoms with Gasteiger partial charge in [0.15, 0.2) is 0 Å². The third-order valence-electron chi connectivity index (χ3n) is 4.43. The number of carbonyl (C=O) groups is 3. The number of hydrogen-bond donors (Lipinski definition) is 2. The van der Waals surface area contributed by atoms with Gasteiger partial charge in [0.1, 0.15) is 0 Å². The van der Waals surface area contributed by atoms with Crippen LogP contribution in [0.15, 0.2) is 47.4 Å². The molecule has 8 nitrogen and oxygen atoms in total. The van der Waals surface area contributed by atoms with Crippen molar-refractivity contribution in [3.63, 3.8) is 0 Å². The molecule has 0 aromatic heterocycles. The Hall–Kier alpha value is -2.69. The van der Waals surface area contributed by atoms with Crippen LogP contribution in [0, 0.1) is 6.92 Å². The molecule has 3 rings (SSSR count). The molecule has 10 heteroatoms. The summed E-state index contributed by atoms with van der Waals surface area (Å²) in [5, 5.41) is 2.46. The summed E-state index contributed by atoms with van der Waals surface area (Å²) in [4.78, 5) is 37.2. The summed E-state index contributed by atoms with van der Waals surface area (Å²) in [7, 11) is -2.36. The summed E-state index contributed by atoms with van der Waals surface area (Å²) >= 11 is 0.981. The van der Waals surface area contributed by atoms with E-state index in [-0.39, 0.29) is 33.9 Å². The predicted octanol–water partition coefficient (Wildman–Crippen LogP) is 2.35. The lowest BCUT2D eigenvalue weighted by molar-refractivity contribution is -0.125. The van der Waals surface area contributed by atoms with Gasteiger partial charge < -0.3 is 5.32 Å². The van der Waals surface area contributed by atoms with E-state index in [0.29, 0.717) is 11.3 Å². The van der Waals surface area contributed by atoms with Crippen molar-refractivity contribution in [1.82, 2.24) is 9.62 Å². The van der Waals surface area contributed by atoms with Crippen molar-refractivity contribution < 1.29 is 22.8 Å². The molecule has 0 atom stereocenters. The Balaban J connectivity index is 1.73. The summed E-state index contributed by atoms with van der Waals surface area (Å²) < 4.78 is 26.2. The van der Waals surface area contributed by atoms with Crippen LogP contribution in [-0.2, 0) is 21.4 Å². The van der Waals surface area contributed by atoms with Crippen LogP contribution < -0.4 is 10.0 Å². The summed E-state index contributed by atoms with van der Waals surface area (Å²) in [6.45, 7) is 1.90. The average molecular weight is 434 g/mol. The maximum Gasteiger partial charge on any atom is 0.289 e. The van der Waals surface area contributed by atoms with Crippen molar-refractivity contribution in [2.45, 2.75) is 18.4 Å². The summed E-state index contributed by atoms with van der Waals surface area (Å²) in [5.74, 6) is -0.497. The highest BCUT2D eigenvalue weighted by Crippen LogP contribution is 2.22. The van der Waals surface area contributed by atoms with Gasteiger partial charge in [-0.1, -0.05) is 30.0 Å². The Morgan fingerprint density at radius 3 is 2.41 bits per heavy atom. The van der Waals surface area contributed by atoms with E-state index >= 15 is 0 Å². The smallest absolute Gasteiger partial charge is 0.289 e. The average Bonchev–Trinajstić information content (AvgIpc) is 3.01. The number of imide groups is 1. The lowest BCUT2D eigenvalue weighted by Crippen LogP contribution is -2.27. The fourth-order valence-electron chi connectivity index (χ4n) is 2.74. The van der Waals surface area contributed by atoms with E-state index in [1.165, 1.54) is 24.1 Å². The number of nitrogens with one attached hydrogen (secondary N) is 2. The Labute approximate surface area is 172 Å². The van der Waals surface area contributed by atoms with Crippen LogP contribution in [0.1, 0.15) is 21.5 Å². The zero-order chi connectivity index (χ0) is 21.2. The monoisotopic (exact) mass is 433 g/mol. The zero-order valence-corrected chi connectivity index (χ0v) is 17.4. The Kier molecular flexibility index (Phi) is 6.06. The minimum atomic E-state index is -3.66. The van der Waals surface area contributed by atoms with E-state index in [2.05, 4.69) is 10.0 Å². The van der Waals surface area contributed by atoms with E-state index in [1.807, 2.05) is 0 Å². The van der Waals surface area contributed by atoms with Gasteiger partial charge in [-0.25, -0.2) is 13.1 Å². The minimum Gasteiger partial charge on any atom is -0.322 e. The first-order valence-electron chi connectivity index (χ1n) is 8.63. The summed E-state index contributed by atoms with van der Waals surface area (Å²) in [5.41, 5.74) is 2.15. The highest BCUT2D eigenvalue weighted by Gasteiger charge is 2.29. The van der Waals surface area contributed by atoms with Crippen molar-refractivity contribution in [1.29, 1.82) is 0 Å². The zero-order valence-electron chi connectivity index (χ0n) is 15.8. The van der Waals surface area contributed by atoms with Gasteiger partial charge >= 0.3 is 0 Å². The Bertz CT molecular complexity index is 1070. The van der Waals surface area contributed by atoms with Gasteiger partial charge in [0.2, 0.25) is 15.9 Å². The van der Waals surface area contributed by atoms with Gasteiger partial charge in [-0.3, -0.25) is 19.3 Å². The van der Waals surface area contributed by atoms with Crippen LogP contribution in [0.4, 0.5) is 10.5 Å². The predicted molar refractivity (Wildman–Crippen MR) is 110 cm³/mol. The number of benzene rings is 2. The second-order valence-corrected chi connectivity index (χ2v) is 9.18.